The van der Waals surface area contributed by atoms with E-state index in [0.717, 1.165) is 11.3 Å². The van der Waals surface area contributed by atoms with Crippen molar-refractivity contribution in [2.24, 2.45) is 5.92 Å². The van der Waals surface area contributed by atoms with Crippen molar-refractivity contribution in [3.8, 4) is 0 Å². The van der Waals surface area contributed by atoms with Gasteiger partial charge in [-0.25, -0.2) is 0 Å². The lowest BCUT2D eigenvalue weighted by atomic mass is 9.77. The van der Waals surface area contributed by atoms with Crippen molar-refractivity contribution in [2.45, 2.75) is 32.7 Å². The molecule has 0 aromatic heterocycles. The summed E-state index contributed by atoms with van der Waals surface area (Å²) in [7, 11) is 0. The van der Waals surface area contributed by atoms with Gasteiger partial charge in [-0.3, -0.25) is 14.5 Å². The Morgan fingerprint density at radius 2 is 2.00 bits per heavy atom. The van der Waals surface area contributed by atoms with E-state index in [-0.39, 0.29) is 5.91 Å². The molecule has 0 aliphatic carbocycles. The first kappa shape index (κ1) is 15.5. The highest BCUT2D eigenvalue weighted by Crippen LogP contribution is 2.35. The largest absolute Gasteiger partial charge is 0.480 e. The standard InChI is InChI=1S/C16H22N2O3/c1-4-18(5-2)16(3,15(20)21)12-10-11-8-6-7-9-13(11)17-14(12)19/h6-9,12H,4-5,10H2,1-3H3,(H,17,19)(H,20,21). The molecule has 2 N–H and O–H groups in total. The van der Waals surface area contributed by atoms with Gasteiger partial charge in [0.05, 0.1) is 5.92 Å². The van der Waals surface area contributed by atoms with Crippen LogP contribution in [0.2, 0.25) is 0 Å². The normalized spacial score (nSPS) is 20.6. The Bertz CT molecular complexity index is 554. The Kier molecular flexibility index (Phi) is 4.32. The fourth-order valence-corrected chi connectivity index (χ4v) is 3.19. The van der Waals surface area contributed by atoms with E-state index < -0.39 is 17.4 Å². The molecule has 0 bridgehead atoms. The predicted molar refractivity (Wildman–Crippen MR) is 81.2 cm³/mol. The Hall–Kier alpha value is -1.88. The van der Waals surface area contributed by atoms with E-state index in [2.05, 4.69) is 5.32 Å². The lowest BCUT2D eigenvalue weighted by molar-refractivity contribution is -0.157. The molecule has 0 fully saturated rings. The van der Waals surface area contributed by atoms with Crippen molar-refractivity contribution in [3.05, 3.63) is 29.8 Å². The molecule has 1 aliphatic heterocycles. The fraction of sp³-hybridized carbons (Fsp3) is 0.500. The van der Waals surface area contributed by atoms with Gasteiger partial charge in [0, 0.05) is 5.69 Å². The van der Waals surface area contributed by atoms with Crippen LogP contribution in [-0.4, -0.2) is 40.5 Å². The third kappa shape index (κ3) is 2.53. The highest BCUT2D eigenvalue weighted by molar-refractivity contribution is 6.00. The Morgan fingerprint density at radius 3 is 2.57 bits per heavy atom. The first-order valence-electron chi connectivity index (χ1n) is 7.32. The van der Waals surface area contributed by atoms with Crippen molar-refractivity contribution in [3.63, 3.8) is 0 Å². The number of para-hydroxylation sites is 1. The van der Waals surface area contributed by atoms with Gasteiger partial charge < -0.3 is 10.4 Å². The van der Waals surface area contributed by atoms with Crippen molar-refractivity contribution in [1.82, 2.24) is 4.90 Å². The summed E-state index contributed by atoms with van der Waals surface area (Å²) in [5, 5.41) is 12.6. The monoisotopic (exact) mass is 290 g/mol. The maximum absolute atomic E-state index is 12.4. The Labute approximate surface area is 125 Å². The molecule has 2 atom stereocenters. The van der Waals surface area contributed by atoms with Crippen LogP contribution in [0.5, 0.6) is 0 Å². The summed E-state index contributed by atoms with van der Waals surface area (Å²) in [5.74, 6) is -1.78. The van der Waals surface area contributed by atoms with Gasteiger partial charge in [0.15, 0.2) is 0 Å². The van der Waals surface area contributed by atoms with Crippen molar-refractivity contribution < 1.29 is 14.7 Å². The molecule has 2 unspecified atom stereocenters. The summed E-state index contributed by atoms with van der Waals surface area (Å²) in [4.78, 5) is 26.2. The number of carboxylic acid groups (broad SMARTS) is 1. The zero-order chi connectivity index (χ0) is 15.6. The van der Waals surface area contributed by atoms with Crippen LogP contribution in [0.15, 0.2) is 24.3 Å². The van der Waals surface area contributed by atoms with Crippen LogP contribution in [0.1, 0.15) is 26.3 Å². The molecule has 5 nitrogen and oxygen atoms in total. The summed E-state index contributed by atoms with van der Waals surface area (Å²) in [6.45, 7) is 6.66. The number of likely N-dealkylation sites (N-methyl/N-ethyl adjacent to an activating group) is 1. The van der Waals surface area contributed by atoms with Gasteiger partial charge in [-0.2, -0.15) is 0 Å². The number of amides is 1. The SMILES string of the molecule is CCN(CC)C(C)(C(=O)O)C1Cc2ccccc2NC1=O. The quantitative estimate of drug-likeness (QED) is 0.870. The van der Waals surface area contributed by atoms with Gasteiger partial charge in [-0.15, -0.1) is 0 Å². The van der Waals surface area contributed by atoms with E-state index in [1.54, 1.807) is 6.92 Å². The van der Waals surface area contributed by atoms with Crippen LogP contribution < -0.4 is 5.32 Å². The lowest BCUT2D eigenvalue weighted by Gasteiger charge is -2.43. The summed E-state index contributed by atoms with van der Waals surface area (Å²) in [6, 6.07) is 7.55. The molecule has 1 aromatic carbocycles. The second kappa shape index (κ2) is 5.85. The van der Waals surface area contributed by atoms with Crippen LogP contribution in [0.25, 0.3) is 0 Å². The average molecular weight is 290 g/mol. The molecule has 5 heteroatoms. The number of carbonyl (C=O) groups excluding carboxylic acids is 1. The van der Waals surface area contributed by atoms with E-state index in [0.29, 0.717) is 19.5 Å². The third-order valence-corrected chi connectivity index (χ3v) is 4.55. The minimum absolute atomic E-state index is 0.217. The molecule has 1 aromatic rings. The van der Waals surface area contributed by atoms with Crippen LogP contribution in [0, 0.1) is 5.92 Å². The third-order valence-electron chi connectivity index (χ3n) is 4.55. The molecular formula is C16H22N2O3. The molecule has 0 saturated carbocycles. The number of anilines is 1. The highest BCUT2D eigenvalue weighted by atomic mass is 16.4. The first-order valence-corrected chi connectivity index (χ1v) is 7.32. The molecule has 114 valence electrons. The summed E-state index contributed by atoms with van der Waals surface area (Å²) >= 11 is 0. The number of hydrogen-bond acceptors (Lipinski definition) is 3. The maximum atomic E-state index is 12.4. The number of benzene rings is 1. The van der Waals surface area contributed by atoms with Gasteiger partial charge >= 0.3 is 5.97 Å². The van der Waals surface area contributed by atoms with Gasteiger partial charge in [-0.1, -0.05) is 32.0 Å². The first-order chi connectivity index (χ1) is 9.94. The minimum Gasteiger partial charge on any atom is -0.480 e. The molecule has 1 aliphatic rings. The molecule has 21 heavy (non-hydrogen) atoms. The van der Waals surface area contributed by atoms with Crippen molar-refractivity contribution in [2.75, 3.05) is 18.4 Å². The lowest BCUT2D eigenvalue weighted by Crippen LogP contribution is -2.61. The zero-order valence-electron chi connectivity index (χ0n) is 12.7. The average Bonchev–Trinajstić information content (AvgIpc) is 2.47. The topological polar surface area (TPSA) is 69.6 Å². The number of nitrogens with one attached hydrogen (secondary N) is 1. The predicted octanol–water partition coefficient (Wildman–Crippen LogP) is 1.98. The number of carbonyl (C=O) groups is 2. The molecule has 1 amide bonds. The summed E-state index contributed by atoms with van der Waals surface area (Å²) in [6.07, 6.45) is 0.446. The van der Waals surface area contributed by atoms with E-state index in [4.69, 9.17) is 0 Å². The van der Waals surface area contributed by atoms with Crippen molar-refractivity contribution in [1.29, 1.82) is 0 Å². The molecule has 0 spiro atoms. The van der Waals surface area contributed by atoms with Crippen LogP contribution in [0.4, 0.5) is 5.69 Å². The second-order valence-corrected chi connectivity index (χ2v) is 5.53. The fourth-order valence-electron chi connectivity index (χ4n) is 3.19. The van der Waals surface area contributed by atoms with Gasteiger partial charge in [0.25, 0.3) is 0 Å². The van der Waals surface area contributed by atoms with Gasteiger partial charge in [0.1, 0.15) is 5.54 Å². The van der Waals surface area contributed by atoms with Crippen LogP contribution in [0.3, 0.4) is 0 Å². The highest BCUT2D eigenvalue weighted by Gasteiger charge is 2.50. The molecule has 0 radical (unpaired) electrons. The summed E-state index contributed by atoms with van der Waals surface area (Å²) in [5.41, 5.74) is 0.564. The number of rotatable bonds is 5. The smallest absolute Gasteiger partial charge is 0.324 e. The Balaban J connectivity index is 2.43. The zero-order valence-corrected chi connectivity index (χ0v) is 12.7. The van der Waals surface area contributed by atoms with E-state index in [1.165, 1.54) is 0 Å². The molecule has 1 heterocycles. The van der Waals surface area contributed by atoms with Gasteiger partial charge in [-0.05, 0) is 38.1 Å². The minimum atomic E-state index is -1.21. The number of hydrogen-bond donors (Lipinski definition) is 2. The van der Waals surface area contributed by atoms with E-state index >= 15 is 0 Å². The maximum Gasteiger partial charge on any atom is 0.324 e. The number of fused-ring (bicyclic) bond motifs is 1. The van der Waals surface area contributed by atoms with Crippen molar-refractivity contribution >= 4 is 17.6 Å². The number of aliphatic carboxylic acids is 1. The Morgan fingerprint density at radius 1 is 1.38 bits per heavy atom. The van der Waals surface area contributed by atoms with Crippen LogP contribution in [-0.2, 0) is 16.0 Å². The van der Waals surface area contributed by atoms with E-state index in [1.807, 2.05) is 43.0 Å². The molecule has 0 saturated heterocycles. The molecule has 2 rings (SSSR count). The number of carboxylic acids is 1. The van der Waals surface area contributed by atoms with Gasteiger partial charge in [0.2, 0.25) is 5.91 Å². The second-order valence-electron chi connectivity index (χ2n) is 5.53. The van der Waals surface area contributed by atoms with Crippen LogP contribution >= 0.6 is 0 Å². The molecular weight excluding hydrogens is 268 g/mol. The number of nitrogens with zero attached hydrogens (tertiary/aromatic N) is 1. The summed E-state index contributed by atoms with van der Waals surface area (Å²) < 4.78 is 0. The van der Waals surface area contributed by atoms with E-state index in [9.17, 15) is 14.7 Å².